The van der Waals surface area contributed by atoms with Crippen molar-refractivity contribution in [2.75, 3.05) is 0 Å². The number of aryl methyl sites for hydroxylation is 1. The van der Waals surface area contributed by atoms with E-state index in [4.69, 9.17) is 0 Å². The molecule has 3 aromatic rings. The number of hydrogen-bond donors (Lipinski definition) is 2. The van der Waals surface area contributed by atoms with Crippen molar-refractivity contribution in [3.05, 3.63) is 59.7 Å². The van der Waals surface area contributed by atoms with E-state index in [9.17, 15) is 5.11 Å². The minimum atomic E-state index is -0.323. The number of rotatable bonds is 1. The van der Waals surface area contributed by atoms with Crippen LogP contribution in [0.15, 0.2) is 48.5 Å². The molecule has 1 heterocycles. The maximum Gasteiger partial charge on any atom is 0.0799 e. The number of aliphatic hydroxyl groups is 1. The van der Waals surface area contributed by atoms with Gasteiger partial charge in [0.2, 0.25) is 0 Å². The topological polar surface area (TPSA) is 36.0 Å². The summed E-state index contributed by atoms with van der Waals surface area (Å²) < 4.78 is 0. The molecule has 4 rings (SSSR count). The van der Waals surface area contributed by atoms with Gasteiger partial charge in [-0.05, 0) is 35.6 Å². The van der Waals surface area contributed by atoms with Gasteiger partial charge in [-0.2, -0.15) is 0 Å². The van der Waals surface area contributed by atoms with Crippen LogP contribution >= 0.6 is 0 Å². The van der Waals surface area contributed by atoms with Crippen LogP contribution in [0.25, 0.3) is 22.2 Å². The van der Waals surface area contributed by atoms with Crippen molar-refractivity contribution in [3.63, 3.8) is 0 Å². The molecule has 0 radical (unpaired) electrons. The van der Waals surface area contributed by atoms with Gasteiger partial charge in [-0.1, -0.05) is 42.5 Å². The van der Waals surface area contributed by atoms with Crippen LogP contribution in [0, 0.1) is 0 Å². The van der Waals surface area contributed by atoms with Crippen molar-refractivity contribution in [2.45, 2.75) is 18.9 Å². The molecule has 0 fully saturated rings. The summed E-state index contributed by atoms with van der Waals surface area (Å²) in [6, 6.07) is 16.6. The Morgan fingerprint density at radius 2 is 1.84 bits per heavy atom. The van der Waals surface area contributed by atoms with E-state index in [-0.39, 0.29) is 6.10 Å². The number of nitrogens with one attached hydrogen (secondary N) is 1. The molecule has 2 aromatic carbocycles. The van der Waals surface area contributed by atoms with E-state index in [1.165, 1.54) is 22.2 Å². The van der Waals surface area contributed by atoms with Crippen molar-refractivity contribution in [1.82, 2.24) is 4.98 Å². The first kappa shape index (κ1) is 10.8. The zero-order valence-electron chi connectivity index (χ0n) is 10.6. The van der Waals surface area contributed by atoms with Crippen LogP contribution in [0.5, 0.6) is 0 Å². The van der Waals surface area contributed by atoms with Gasteiger partial charge in [-0.25, -0.2) is 0 Å². The highest BCUT2D eigenvalue weighted by Gasteiger charge is 2.24. The molecule has 2 nitrogen and oxygen atoms in total. The smallest absolute Gasteiger partial charge is 0.0799 e. The van der Waals surface area contributed by atoms with Gasteiger partial charge in [0.15, 0.2) is 0 Å². The molecule has 1 atom stereocenters. The average Bonchev–Trinajstić information content (AvgIpc) is 2.84. The third kappa shape index (κ3) is 1.53. The number of hydrogen-bond acceptors (Lipinski definition) is 1. The van der Waals surface area contributed by atoms with E-state index >= 15 is 0 Å². The fourth-order valence-corrected chi connectivity index (χ4v) is 3.16. The summed E-state index contributed by atoms with van der Waals surface area (Å²) in [6.07, 6.45) is 1.42. The average molecular weight is 249 g/mol. The van der Waals surface area contributed by atoms with Crippen LogP contribution in [0.3, 0.4) is 0 Å². The maximum absolute atomic E-state index is 10.1. The molecule has 0 amide bonds. The molecular weight excluding hydrogens is 234 g/mol. The van der Waals surface area contributed by atoms with E-state index in [1.807, 2.05) is 18.2 Å². The highest BCUT2D eigenvalue weighted by atomic mass is 16.3. The zero-order chi connectivity index (χ0) is 12.8. The summed E-state index contributed by atoms with van der Waals surface area (Å²) in [5.41, 5.74) is 5.97. The molecular formula is C17H15NO. The molecule has 1 aliphatic rings. The van der Waals surface area contributed by atoms with Crippen LogP contribution in [0.1, 0.15) is 23.7 Å². The lowest BCUT2D eigenvalue weighted by atomic mass is 9.88. The van der Waals surface area contributed by atoms with Crippen LogP contribution in [-0.2, 0) is 6.42 Å². The van der Waals surface area contributed by atoms with Gasteiger partial charge in [-0.3, -0.25) is 0 Å². The number of aromatic amines is 1. The molecule has 1 aromatic heterocycles. The SMILES string of the molecule is OC1CCc2c(-c3ccccc3)[nH]c3cccc1c23. The van der Waals surface area contributed by atoms with Gasteiger partial charge >= 0.3 is 0 Å². The monoisotopic (exact) mass is 249 g/mol. The Kier molecular flexibility index (Phi) is 2.26. The van der Waals surface area contributed by atoms with Crippen molar-refractivity contribution >= 4 is 10.9 Å². The Bertz CT molecular complexity index is 743. The Hall–Kier alpha value is -2.06. The molecule has 1 unspecified atom stereocenters. The lowest BCUT2D eigenvalue weighted by molar-refractivity contribution is 0.167. The fourth-order valence-electron chi connectivity index (χ4n) is 3.16. The minimum absolute atomic E-state index is 0.323. The van der Waals surface area contributed by atoms with E-state index in [1.54, 1.807) is 0 Å². The molecule has 2 N–H and O–H groups in total. The predicted molar refractivity (Wildman–Crippen MR) is 77.0 cm³/mol. The highest BCUT2D eigenvalue weighted by Crippen LogP contribution is 2.40. The summed E-state index contributed by atoms with van der Waals surface area (Å²) in [5.74, 6) is 0. The number of aliphatic hydroxyl groups excluding tert-OH is 1. The molecule has 0 bridgehead atoms. The minimum Gasteiger partial charge on any atom is -0.388 e. The van der Waals surface area contributed by atoms with Crippen molar-refractivity contribution < 1.29 is 5.11 Å². The second-order valence-electron chi connectivity index (χ2n) is 5.17. The fraction of sp³-hybridized carbons (Fsp3) is 0.176. The summed E-state index contributed by atoms with van der Waals surface area (Å²) in [4.78, 5) is 3.52. The molecule has 2 heteroatoms. The zero-order valence-corrected chi connectivity index (χ0v) is 10.6. The third-order valence-corrected chi connectivity index (χ3v) is 4.05. The standard InChI is InChI=1S/C17H15NO/c19-15-10-9-13-16-12(15)7-4-8-14(16)18-17(13)11-5-2-1-3-6-11/h1-8,15,18-19H,9-10H2. The highest BCUT2D eigenvalue weighted by molar-refractivity contribution is 5.94. The van der Waals surface area contributed by atoms with E-state index in [2.05, 4.69) is 35.3 Å². The molecule has 94 valence electrons. The number of aromatic nitrogens is 1. The molecule has 0 aliphatic heterocycles. The van der Waals surface area contributed by atoms with Crippen molar-refractivity contribution in [2.24, 2.45) is 0 Å². The van der Waals surface area contributed by atoms with Gasteiger partial charge in [0.05, 0.1) is 6.10 Å². The Morgan fingerprint density at radius 1 is 1.00 bits per heavy atom. The summed E-state index contributed by atoms with van der Waals surface area (Å²) in [5, 5.41) is 11.4. The molecule has 0 saturated heterocycles. The van der Waals surface area contributed by atoms with Crippen molar-refractivity contribution in [3.8, 4) is 11.3 Å². The summed E-state index contributed by atoms with van der Waals surface area (Å²) in [7, 11) is 0. The predicted octanol–water partition coefficient (Wildman–Crippen LogP) is 3.81. The third-order valence-electron chi connectivity index (χ3n) is 4.05. The first-order chi connectivity index (χ1) is 9.34. The molecule has 19 heavy (non-hydrogen) atoms. The Labute approximate surface area is 111 Å². The second kappa shape index (κ2) is 3.97. The number of H-pyrrole nitrogens is 1. The maximum atomic E-state index is 10.1. The quantitative estimate of drug-likeness (QED) is 0.676. The number of benzene rings is 2. The molecule has 1 aliphatic carbocycles. The Balaban J connectivity index is 2.05. The molecule has 0 spiro atoms. The lowest BCUT2D eigenvalue weighted by Crippen LogP contribution is -2.06. The van der Waals surface area contributed by atoms with Crippen LogP contribution in [0.2, 0.25) is 0 Å². The second-order valence-corrected chi connectivity index (χ2v) is 5.17. The van der Waals surface area contributed by atoms with Crippen molar-refractivity contribution in [1.29, 1.82) is 0 Å². The van der Waals surface area contributed by atoms with E-state index in [0.29, 0.717) is 0 Å². The normalized spacial score (nSPS) is 17.8. The first-order valence-corrected chi connectivity index (χ1v) is 6.71. The van der Waals surface area contributed by atoms with E-state index in [0.717, 1.165) is 23.9 Å². The molecule has 0 saturated carbocycles. The van der Waals surface area contributed by atoms with E-state index < -0.39 is 0 Å². The van der Waals surface area contributed by atoms with Gasteiger partial charge in [0.1, 0.15) is 0 Å². The van der Waals surface area contributed by atoms with Gasteiger partial charge in [0, 0.05) is 16.6 Å². The summed E-state index contributed by atoms with van der Waals surface area (Å²) in [6.45, 7) is 0. The van der Waals surface area contributed by atoms with Gasteiger partial charge < -0.3 is 10.1 Å². The van der Waals surface area contributed by atoms with Crippen LogP contribution in [0.4, 0.5) is 0 Å². The van der Waals surface area contributed by atoms with Crippen LogP contribution < -0.4 is 0 Å². The largest absolute Gasteiger partial charge is 0.388 e. The lowest BCUT2D eigenvalue weighted by Gasteiger charge is -2.19. The Morgan fingerprint density at radius 3 is 2.68 bits per heavy atom. The summed E-state index contributed by atoms with van der Waals surface area (Å²) >= 11 is 0. The van der Waals surface area contributed by atoms with Gasteiger partial charge in [-0.15, -0.1) is 0 Å². The van der Waals surface area contributed by atoms with Crippen LogP contribution in [-0.4, -0.2) is 10.1 Å². The van der Waals surface area contributed by atoms with Gasteiger partial charge in [0.25, 0.3) is 0 Å². The first-order valence-electron chi connectivity index (χ1n) is 6.71.